The van der Waals surface area contributed by atoms with Gasteiger partial charge in [0, 0.05) is 55.7 Å². The van der Waals surface area contributed by atoms with Crippen LogP contribution in [0.5, 0.6) is 5.75 Å². The maximum atomic E-state index is 14.0. The molecular formula is C66H87ClN4O15S2. The van der Waals surface area contributed by atoms with E-state index in [1.165, 1.54) is 25.3 Å². The van der Waals surface area contributed by atoms with E-state index >= 15 is 0 Å². The van der Waals surface area contributed by atoms with Gasteiger partial charge in [0.05, 0.1) is 41.7 Å². The number of hydrogen-bond acceptors (Lipinski definition) is 17. The molecule has 3 aliphatic rings. The van der Waals surface area contributed by atoms with Crippen LogP contribution in [-0.2, 0) is 86.4 Å². The zero-order valence-corrected chi connectivity index (χ0v) is 54.6. The minimum absolute atomic E-state index is 0.00568. The van der Waals surface area contributed by atoms with Crippen LogP contribution in [0.15, 0.2) is 91.0 Å². The highest BCUT2D eigenvalue weighted by Crippen LogP contribution is 2.46. The second kappa shape index (κ2) is 32.9. The molecule has 0 radical (unpaired) electrons. The molecule has 1 fully saturated rings. The summed E-state index contributed by atoms with van der Waals surface area (Å²) in [6, 6.07) is 20.1. The van der Waals surface area contributed by atoms with Crippen molar-refractivity contribution >= 4 is 80.7 Å². The number of ether oxygens (including phenoxy) is 6. The predicted molar refractivity (Wildman–Crippen MR) is 337 cm³/mol. The zero-order chi connectivity index (χ0) is 64.5. The van der Waals surface area contributed by atoms with Gasteiger partial charge < -0.3 is 54.8 Å². The van der Waals surface area contributed by atoms with E-state index in [4.69, 9.17) is 40.0 Å². The monoisotopic (exact) mass is 1270 g/mol. The number of methoxy groups -OCH3 is 1. The molecule has 4 amide bonds. The summed E-state index contributed by atoms with van der Waals surface area (Å²) in [5, 5.41) is 22.8. The van der Waals surface area contributed by atoms with Gasteiger partial charge in [-0.1, -0.05) is 141 Å². The van der Waals surface area contributed by atoms with Gasteiger partial charge >= 0.3 is 23.9 Å². The third-order valence-corrected chi connectivity index (χ3v) is 18.2. The first kappa shape index (κ1) is 70.7. The quantitative estimate of drug-likeness (QED) is 0.0247. The topological polar surface area (TPSA) is 264 Å². The van der Waals surface area contributed by atoms with Crippen molar-refractivity contribution in [3.8, 4) is 5.75 Å². The van der Waals surface area contributed by atoms with E-state index in [9.17, 15) is 43.5 Å². The molecule has 3 aliphatic heterocycles. The highest BCUT2D eigenvalue weighted by atomic mass is 35.5. The van der Waals surface area contributed by atoms with E-state index in [0.29, 0.717) is 16.3 Å². The molecule has 5 N–H and O–H groups in total. The summed E-state index contributed by atoms with van der Waals surface area (Å²) in [7, 11) is 4.91. The lowest BCUT2D eigenvalue weighted by Gasteiger charge is -2.31. The first-order valence-corrected chi connectivity index (χ1v) is 32.9. The molecule has 3 aromatic rings. The van der Waals surface area contributed by atoms with E-state index in [1.807, 2.05) is 71.0 Å². The number of hydrogen-bond donors (Lipinski definition) is 5. The number of esters is 4. The molecule has 0 aliphatic carbocycles. The highest BCUT2D eigenvalue weighted by molar-refractivity contribution is 8.76. The van der Waals surface area contributed by atoms with Crippen LogP contribution in [0, 0.1) is 34.5 Å². The fraction of sp³-hybridized carbons (Fsp3) is 0.545. The first-order valence-electron chi connectivity index (χ1n) is 30.0. The van der Waals surface area contributed by atoms with Crippen molar-refractivity contribution in [2.75, 3.05) is 26.7 Å². The van der Waals surface area contributed by atoms with Gasteiger partial charge in [-0.2, -0.15) is 0 Å². The van der Waals surface area contributed by atoms with E-state index in [2.05, 4.69) is 33.4 Å². The average Bonchev–Trinajstić information content (AvgIpc) is 1.97. The molecule has 10 atom stereocenters. The Morgan fingerprint density at radius 3 is 1.72 bits per heavy atom. The van der Waals surface area contributed by atoms with Gasteiger partial charge in [0.1, 0.15) is 30.1 Å². The number of carbonyl (C=O) groups is 8. The average molecular weight is 1280 g/mol. The van der Waals surface area contributed by atoms with Gasteiger partial charge in [0.2, 0.25) is 23.6 Å². The molecule has 6 rings (SSSR count). The van der Waals surface area contributed by atoms with Gasteiger partial charge in [-0.25, -0.2) is 9.59 Å². The molecule has 0 spiro atoms. The van der Waals surface area contributed by atoms with E-state index in [1.54, 1.807) is 80.5 Å². The Balaban J connectivity index is 1.03. The number of carbonyl (C=O) groups excluding carboxylic acids is 8. The fourth-order valence-corrected chi connectivity index (χ4v) is 12.2. The summed E-state index contributed by atoms with van der Waals surface area (Å²) in [4.78, 5) is 107. The largest absolute Gasteiger partial charge is 0.495 e. The number of amides is 4. The van der Waals surface area contributed by atoms with Crippen molar-refractivity contribution < 1.29 is 71.9 Å². The normalized spacial score (nSPS) is 25.3. The lowest BCUT2D eigenvalue weighted by molar-refractivity contribution is -0.180. The predicted octanol–water partition coefficient (Wildman–Crippen LogP) is 8.83. The third-order valence-electron chi connectivity index (χ3n) is 15.6. The molecule has 0 aromatic heterocycles. The summed E-state index contributed by atoms with van der Waals surface area (Å²) in [5.41, 5.74) is 2.23. The number of halogens is 1. The lowest BCUT2D eigenvalue weighted by atomic mass is 9.90. The van der Waals surface area contributed by atoms with Gasteiger partial charge in [-0.3, -0.25) is 28.8 Å². The first-order chi connectivity index (χ1) is 41.6. The number of cyclic esters (lactones) is 4. The zero-order valence-electron chi connectivity index (χ0n) is 52.2. The lowest BCUT2D eigenvalue weighted by Crippen LogP contribution is -2.51. The summed E-state index contributed by atoms with van der Waals surface area (Å²) in [6.45, 7) is 17.2. The maximum absolute atomic E-state index is 14.0. The second-order valence-electron chi connectivity index (χ2n) is 25.1. The number of nitrogens with one attached hydrogen (secondary N) is 4. The molecule has 19 nitrogen and oxygen atoms in total. The molecule has 0 bridgehead atoms. The smallest absolute Gasteiger partial charge is 0.347 e. The molecule has 1 saturated heterocycles. The molecule has 480 valence electrons. The molecular weight excluding hydrogens is 1190 g/mol. The minimum Gasteiger partial charge on any atom is -0.495 e. The van der Waals surface area contributed by atoms with Gasteiger partial charge in [-0.15, -0.1) is 0 Å². The fourth-order valence-electron chi connectivity index (χ4n) is 9.79. The highest BCUT2D eigenvalue weighted by Gasteiger charge is 2.48. The number of rotatable bonds is 19. The van der Waals surface area contributed by atoms with Crippen LogP contribution < -0.4 is 26.0 Å². The molecule has 22 heteroatoms. The number of epoxide rings is 1. The van der Waals surface area contributed by atoms with Crippen molar-refractivity contribution in [1.29, 1.82) is 0 Å². The number of aliphatic hydroxyl groups is 1. The summed E-state index contributed by atoms with van der Waals surface area (Å²) in [6.07, 6.45) is 0.978. The van der Waals surface area contributed by atoms with Gasteiger partial charge in [0.25, 0.3) is 0 Å². The van der Waals surface area contributed by atoms with E-state index in [0.717, 1.165) is 33.8 Å². The van der Waals surface area contributed by atoms with Crippen molar-refractivity contribution in [2.45, 2.75) is 168 Å². The Morgan fingerprint density at radius 1 is 0.648 bits per heavy atom. The Bertz CT molecular complexity index is 2970. The van der Waals surface area contributed by atoms with Crippen LogP contribution >= 0.6 is 33.2 Å². The van der Waals surface area contributed by atoms with Crippen LogP contribution in [-0.4, -0.2) is 122 Å². The van der Waals surface area contributed by atoms with Crippen molar-refractivity contribution in [3.63, 3.8) is 0 Å². The van der Waals surface area contributed by atoms with Crippen molar-refractivity contribution in [1.82, 2.24) is 21.3 Å². The van der Waals surface area contributed by atoms with Crippen LogP contribution in [0.2, 0.25) is 5.02 Å². The van der Waals surface area contributed by atoms with Gasteiger partial charge in [-0.05, 0) is 111 Å². The summed E-state index contributed by atoms with van der Waals surface area (Å²) in [5.74, 6) is -4.05. The van der Waals surface area contributed by atoms with Crippen molar-refractivity contribution in [3.05, 3.63) is 124 Å². The maximum Gasteiger partial charge on any atom is 0.347 e. The molecule has 1 unspecified atom stereocenters. The SMILES string of the molecule is COc1ccc(C[C@H]2NC(=O)/C=C/CC([C@H](C)[C@@H](O)Cc3ccc(CSSCc4ccc([C@H]5O[C@@H]5[C@@H](C)[C@@H]5C/C=C/C(=O)NCC(=O)NCC(C)(C)C(=O)O[C@@H](CC(C)C)C(=O)O5)cc4)cc3)OC(=O)[C@H](CC(C)C)OC(=O)C(C)(C)CNC2=O)cc1Cl. The molecule has 88 heavy (non-hydrogen) atoms. The molecule has 0 saturated carbocycles. The number of benzene rings is 3. The number of aliphatic hydroxyl groups excluding tert-OH is 1. The molecule has 3 heterocycles. The second-order valence-corrected chi connectivity index (χ2v) is 28.0. The Hall–Kier alpha value is -6.39. The van der Waals surface area contributed by atoms with Gasteiger partial charge in [0.15, 0.2) is 12.2 Å². The van der Waals surface area contributed by atoms with Crippen LogP contribution in [0.3, 0.4) is 0 Å². The summed E-state index contributed by atoms with van der Waals surface area (Å²) >= 11 is 6.39. The van der Waals surface area contributed by atoms with Crippen LogP contribution in [0.4, 0.5) is 0 Å². The van der Waals surface area contributed by atoms with Crippen LogP contribution in [0.1, 0.15) is 129 Å². The van der Waals surface area contributed by atoms with E-state index in [-0.39, 0.29) is 88.1 Å². The standard InChI is InChI=1S/C66H87ClN4O15S2/c1-38(2)28-53-61(77)82-50(14-13-17-56(74)71-48(31-45-24-27-52(81-11)47(67)30-45)60(76)70-37-66(9,10)64(80)85-53)40(5)49(72)32-42-18-20-43(21-19-42)34-87-88-35-44-22-25-46(26-23-44)59-58(86-59)41(6)51-15-12-16-55(73)68-33-57(75)69-36-65(7,8)63(79)84-54(29-39(3)4)62(78)83-51/h12-13,16-27,30,38-41,48-51,53-54,58-59,72H,14-15,28-29,31-37H2,1-11H3,(H,68,73)(H,69,75)(H,70,76)(H,71,74)/b16-12+,17-13+/t40-,41+,48-,49+,50?,51+,53+,54+,58-,59-/m1/s1. The van der Waals surface area contributed by atoms with E-state index < -0.39 is 101 Å². The third kappa shape index (κ3) is 21.7. The van der Waals surface area contributed by atoms with Crippen molar-refractivity contribution in [2.24, 2.45) is 34.5 Å². The molecule has 3 aromatic carbocycles. The summed E-state index contributed by atoms with van der Waals surface area (Å²) < 4.78 is 35.3. The Morgan fingerprint density at radius 2 is 1.16 bits per heavy atom. The van der Waals surface area contributed by atoms with Crippen LogP contribution in [0.25, 0.3) is 0 Å². The minimum atomic E-state index is -1.28. The Labute approximate surface area is 530 Å². The Kier molecular flexibility index (Phi) is 26.4.